The second kappa shape index (κ2) is 10.1. The van der Waals surface area contributed by atoms with Gasteiger partial charge in [-0.25, -0.2) is 8.42 Å². The Hall–Kier alpha value is -2.44. The molecule has 0 saturated heterocycles. The molecule has 0 aromatic heterocycles. The van der Waals surface area contributed by atoms with E-state index in [0.717, 1.165) is 66.6 Å². The third-order valence-electron chi connectivity index (χ3n) is 7.95. The summed E-state index contributed by atoms with van der Waals surface area (Å²) in [6, 6.07) is 11.9. The lowest BCUT2D eigenvalue weighted by atomic mass is 9.83. The van der Waals surface area contributed by atoms with Gasteiger partial charge in [-0.05, 0) is 56.4 Å². The molecule has 1 heterocycles. The van der Waals surface area contributed by atoms with Crippen molar-refractivity contribution in [3.8, 4) is 0 Å². The Kier molecular flexibility index (Phi) is 7.50. The standard InChI is InChI=1S/C30H40N2O3S/c1-21-17-22(2)29(23(3)18-21)36(34,35)32(24-13-9-7-8-10-14-24)20-25(33)19-28-30(4,5)26-15-11-12-16-27(26)31(28)6/h11-12,15-19,24H,7-10,13-14,20H2,1-6H3/b28-19-. The molecule has 1 aliphatic carbocycles. The largest absolute Gasteiger partial charge is 0.347 e. The van der Waals surface area contributed by atoms with Crippen molar-refractivity contribution in [2.45, 2.75) is 89.5 Å². The second-order valence-corrected chi connectivity index (χ2v) is 12.9. The first-order chi connectivity index (χ1) is 16.9. The van der Waals surface area contributed by atoms with E-state index in [1.54, 1.807) is 6.08 Å². The van der Waals surface area contributed by atoms with E-state index in [2.05, 4.69) is 30.9 Å². The van der Waals surface area contributed by atoms with Crippen molar-refractivity contribution in [2.24, 2.45) is 0 Å². The normalized spacial score (nSPS) is 19.5. The maximum atomic E-state index is 14.2. The summed E-state index contributed by atoms with van der Waals surface area (Å²) in [5.41, 5.74) is 5.34. The molecule has 1 saturated carbocycles. The molecule has 0 N–H and O–H groups in total. The average Bonchev–Trinajstić information content (AvgIpc) is 2.99. The van der Waals surface area contributed by atoms with Gasteiger partial charge in [-0.1, -0.05) is 75.4 Å². The number of carbonyl (C=O) groups excluding carboxylic acids is 1. The lowest BCUT2D eigenvalue weighted by molar-refractivity contribution is -0.115. The number of hydrogen-bond acceptors (Lipinski definition) is 4. The average molecular weight is 509 g/mol. The highest BCUT2D eigenvalue weighted by atomic mass is 32.2. The van der Waals surface area contributed by atoms with Gasteiger partial charge < -0.3 is 4.90 Å². The van der Waals surface area contributed by atoms with Crippen LogP contribution in [0.15, 0.2) is 53.1 Å². The molecule has 0 atom stereocenters. The third-order valence-corrected chi connectivity index (χ3v) is 10.2. The number of hydrogen-bond donors (Lipinski definition) is 0. The van der Waals surface area contributed by atoms with Crippen LogP contribution < -0.4 is 4.90 Å². The number of anilines is 1. The fourth-order valence-corrected chi connectivity index (χ4v) is 8.32. The molecule has 4 rings (SSSR count). The minimum absolute atomic E-state index is 0.135. The van der Waals surface area contributed by atoms with Crippen LogP contribution in [0.1, 0.15) is 74.6 Å². The van der Waals surface area contributed by atoms with Crippen LogP contribution >= 0.6 is 0 Å². The summed E-state index contributed by atoms with van der Waals surface area (Å²) in [6.45, 7) is 9.79. The van der Waals surface area contributed by atoms with Crippen LogP contribution in [0.5, 0.6) is 0 Å². The number of nitrogens with zero attached hydrogens (tertiary/aromatic N) is 2. The molecular formula is C30H40N2O3S. The third kappa shape index (κ3) is 4.90. The number of benzene rings is 2. The first-order valence-electron chi connectivity index (χ1n) is 13.1. The van der Waals surface area contributed by atoms with Gasteiger partial charge in [0.05, 0.1) is 11.4 Å². The summed E-state index contributed by atoms with van der Waals surface area (Å²) >= 11 is 0. The number of rotatable bonds is 6. The predicted molar refractivity (Wildman–Crippen MR) is 147 cm³/mol. The number of para-hydroxylation sites is 1. The van der Waals surface area contributed by atoms with Crippen LogP contribution in [0.25, 0.3) is 0 Å². The van der Waals surface area contributed by atoms with E-state index in [-0.39, 0.29) is 23.8 Å². The molecule has 0 unspecified atom stereocenters. The van der Waals surface area contributed by atoms with Crippen LogP contribution in [0.3, 0.4) is 0 Å². The van der Waals surface area contributed by atoms with Gasteiger partial charge in [0.2, 0.25) is 10.0 Å². The maximum absolute atomic E-state index is 14.2. The zero-order chi connectivity index (χ0) is 26.3. The molecule has 36 heavy (non-hydrogen) atoms. The van der Waals surface area contributed by atoms with Crippen molar-refractivity contribution in [2.75, 3.05) is 18.5 Å². The minimum atomic E-state index is -3.85. The second-order valence-electron chi connectivity index (χ2n) is 11.1. The van der Waals surface area contributed by atoms with E-state index in [1.807, 2.05) is 52.1 Å². The lowest BCUT2D eigenvalue weighted by Crippen LogP contribution is -2.43. The summed E-state index contributed by atoms with van der Waals surface area (Å²) in [5, 5.41) is 0. The summed E-state index contributed by atoms with van der Waals surface area (Å²) in [4.78, 5) is 16.0. The Morgan fingerprint density at radius 2 is 1.61 bits per heavy atom. The van der Waals surface area contributed by atoms with Crippen molar-refractivity contribution in [3.05, 3.63) is 70.4 Å². The molecule has 0 amide bonds. The van der Waals surface area contributed by atoms with Crippen molar-refractivity contribution in [1.29, 1.82) is 0 Å². The summed E-state index contributed by atoms with van der Waals surface area (Å²) in [5.74, 6) is -0.173. The van der Waals surface area contributed by atoms with Gasteiger partial charge in [-0.2, -0.15) is 4.31 Å². The van der Waals surface area contributed by atoms with Gasteiger partial charge in [0, 0.05) is 36.0 Å². The Labute approximate surface area is 217 Å². The molecule has 6 heteroatoms. The van der Waals surface area contributed by atoms with Gasteiger partial charge in [0.15, 0.2) is 5.78 Å². The molecule has 1 aliphatic heterocycles. The van der Waals surface area contributed by atoms with Gasteiger partial charge in [-0.3, -0.25) is 4.79 Å². The van der Waals surface area contributed by atoms with Crippen LogP contribution in [-0.4, -0.2) is 38.1 Å². The van der Waals surface area contributed by atoms with Gasteiger partial charge >= 0.3 is 0 Å². The molecule has 2 aromatic carbocycles. The fraction of sp³-hybridized carbons (Fsp3) is 0.500. The van der Waals surface area contributed by atoms with Gasteiger partial charge in [0.1, 0.15) is 0 Å². The van der Waals surface area contributed by atoms with Crippen molar-refractivity contribution in [1.82, 2.24) is 4.31 Å². The molecule has 1 fully saturated rings. The van der Waals surface area contributed by atoms with Crippen LogP contribution in [0.4, 0.5) is 5.69 Å². The highest BCUT2D eigenvalue weighted by Crippen LogP contribution is 2.46. The Bertz CT molecular complexity index is 1260. The first-order valence-corrected chi connectivity index (χ1v) is 14.6. The lowest BCUT2D eigenvalue weighted by Gasteiger charge is -2.31. The van der Waals surface area contributed by atoms with E-state index in [9.17, 15) is 13.2 Å². The van der Waals surface area contributed by atoms with E-state index in [0.29, 0.717) is 4.90 Å². The van der Waals surface area contributed by atoms with Crippen molar-refractivity contribution < 1.29 is 13.2 Å². The number of ketones is 1. The topological polar surface area (TPSA) is 57.7 Å². The number of sulfonamides is 1. The van der Waals surface area contributed by atoms with Gasteiger partial charge in [0.25, 0.3) is 0 Å². The molecular weight excluding hydrogens is 468 g/mol. The highest BCUT2D eigenvalue weighted by molar-refractivity contribution is 7.89. The first kappa shape index (κ1) is 26.6. The molecule has 2 aromatic rings. The number of allylic oxidation sites excluding steroid dienone is 1. The van der Waals surface area contributed by atoms with E-state index in [1.165, 1.54) is 9.87 Å². The van der Waals surface area contributed by atoms with Gasteiger partial charge in [-0.15, -0.1) is 0 Å². The number of carbonyl (C=O) groups is 1. The van der Waals surface area contributed by atoms with Crippen LogP contribution in [-0.2, 0) is 20.2 Å². The zero-order valence-electron chi connectivity index (χ0n) is 22.6. The van der Waals surface area contributed by atoms with Crippen LogP contribution in [0, 0.1) is 20.8 Å². The molecule has 0 spiro atoms. The SMILES string of the molecule is Cc1cc(C)c(S(=O)(=O)N(CC(=O)/C=C2\N(C)c3ccccc3C2(C)C)C2CCCCCC2)c(C)c1. The van der Waals surface area contributed by atoms with E-state index >= 15 is 0 Å². The number of likely N-dealkylation sites (N-methyl/N-ethyl adjacent to an activating group) is 1. The summed E-state index contributed by atoms with van der Waals surface area (Å²) in [6.07, 6.45) is 7.47. The van der Waals surface area contributed by atoms with E-state index in [4.69, 9.17) is 0 Å². The van der Waals surface area contributed by atoms with Crippen LogP contribution in [0.2, 0.25) is 0 Å². The maximum Gasteiger partial charge on any atom is 0.244 e. The molecule has 0 bridgehead atoms. The zero-order valence-corrected chi connectivity index (χ0v) is 23.4. The monoisotopic (exact) mass is 508 g/mol. The smallest absolute Gasteiger partial charge is 0.244 e. The number of fused-ring (bicyclic) bond motifs is 1. The molecule has 5 nitrogen and oxygen atoms in total. The summed E-state index contributed by atoms with van der Waals surface area (Å²) in [7, 11) is -1.87. The molecule has 194 valence electrons. The Balaban J connectivity index is 1.72. The van der Waals surface area contributed by atoms with Crippen molar-refractivity contribution in [3.63, 3.8) is 0 Å². The Morgan fingerprint density at radius 3 is 2.19 bits per heavy atom. The Morgan fingerprint density at radius 1 is 1.03 bits per heavy atom. The number of aryl methyl sites for hydroxylation is 3. The molecule has 2 aliphatic rings. The highest BCUT2D eigenvalue weighted by Gasteiger charge is 2.40. The van der Waals surface area contributed by atoms with E-state index < -0.39 is 10.0 Å². The predicted octanol–water partition coefficient (Wildman–Crippen LogP) is 6.21. The fourth-order valence-electron chi connectivity index (χ4n) is 6.26. The molecule has 0 radical (unpaired) electrons. The van der Waals surface area contributed by atoms with Crippen molar-refractivity contribution >= 4 is 21.5 Å². The quantitative estimate of drug-likeness (QED) is 0.344. The minimum Gasteiger partial charge on any atom is -0.347 e. The summed E-state index contributed by atoms with van der Waals surface area (Å²) < 4.78 is 29.9.